The normalized spacial score (nSPS) is 47.4. The highest BCUT2D eigenvalue weighted by Crippen LogP contribution is 2.36. The van der Waals surface area contributed by atoms with E-state index in [1.54, 1.807) is 0 Å². The van der Waals surface area contributed by atoms with Gasteiger partial charge >= 0.3 is 6.09 Å². The maximum atomic E-state index is 12.6. The second-order valence-corrected chi connectivity index (χ2v) is 16.3. The van der Waals surface area contributed by atoms with Crippen molar-refractivity contribution in [2.75, 3.05) is 46.1 Å². The summed E-state index contributed by atoms with van der Waals surface area (Å²) >= 11 is 0. The number of nitrogens with one attached hydrogen (secondary N) is 1. The number of carbonyl (C=O) groups is 1. The number of aliphatic hydroxyl groups excluding tert-OH is 16. The molecule has 0 bridgehead atoms. The van der Waals surface area contributed by atoms with Gasteiger partial charge in [0.1, 0.15) is 116 Å². The van der Waals surface area contributed by atoms with E-state index in [0.29, 0.717) is 0 Å². The molecule has 6 aliphatic heterocycles. The van der Waals surface area contributed by atoms with Crippen LogP contribution in [0, 0.1) is 0 Å². The lowest BCUT2D eigenvalue weighted by molar-refractivity contribution is -0.392. The third kappa shape index (κ3) is 11.5. The van der Waals surface area contributed by atoms with E-state index < -0.39 is 198 Å². The lowest BCUT2D eigenvalue weighted by Crippen LogP contribution is -2.68. The molecule has 11 unspecified atom stereocenters. The highest BCUT2D eigenvalue weighted by molar-refractivity contribution is 5.67. The second kappa shape index (κ2) is 22.9. The molecule has 6 rings (SSSR count). The second-order valence-electron chi connectivity index (χ2n) is 16.3. The minimum atomic E-state index is -2.17. The molecule has 6 heterocycles. The Hall–Kier alpha value is -2.82. The largest absolute Gasteiger partial charge is 0.438 e. The third-order valence-corrected chi connectivity index (χ3v) is 11.8. The number of aliphatic hydroxyl groups is 16. The molecule has 0 spiro atoms. The number of amides is 1. The van der Waals surface area contributed by atoms with Gasteiger partial charge in [-0.15, -0.1) is 0 Å². The molecule has 0 radical (unpaired) electrons. The Bertz CT molecular complexity index is 1680. The number of alkyl carbamates (subject to hydrolysis) is 1. The van der Waals surface area contributed by atoms with Gasteiger partial charge in [0.15, 0.2) is 37.6 Å². The summed E-state index contributed by atoms with van der Waals surface area (Å²) < 4.78 is 54.9. The minimum absolute atomic E-state index is 0.232. The summed E-state index contributed by atoms with van der Waals surface area (Å²) in [5, 5.41) is 182. The summed E-state index contributed by atoms with van der Waals surface area (Å²) in [5.74, 6) is 0. The monoisotopic (exact) mass is 980 g/mol. The summed E-state index contributed by atoms with van der Waals surface area (Å²) in [6, 6.07) is 0. The van der Waals surface area contributed by atoms with E-state index in [0.717, 1.165) is 0 Å². The molecule has 0 aromatic carbocycles. The van der Waals surface area contributed by atoms with E-state index in [1.807, 2.05) is 0 Å². The van der Waals surface area contributed by atoms with Crippen molar-refractivity contribution in [3.05, 3.63) is 10.4 Å². The topological polar surface area (TPSA) is 519 Å². The van der Waals surface area contributed by atoms with Crippen LogP contribution in [0.2, 0.25) is 0 Å². The van der Waals surface area contributed by atoms with Gasteiger partial charge in [-0.05, 0) is 5.53 Å². The van der Waals surface area contributed by atoms with Crippen LogP contribution in [0.4, 0.5) is 4.79 Å². The zero-order valence-electron chi connectivity index (χ0n) is 34.8. The Balaban J connectivity index is 1.06. The summed E-state index contributed by atoms with van der Waals surface area (Å²) in [4.78, 5) is 15.1. The Kier molecular flexibility index (Phi) is 18.3. The predicted octanol–water partition coefficient (Wildman–Crippen LogP) is -10.7. The van der Waals surface area contributed by atoms with Crippen molar-refractivity contribution in [1.82, 2.24) is 5.32 Å². The van der Waals surface area contributed by atoms with Crippen molar-refractivity contribution in [2.24, 2.45) is 15.3 Å². The molecule has 0 aromatic heterocycles. The summed E-state index contributed by atoms with van der Waals surface area (Å²) in [6.07, 6.45) is -48.6. The highest BCUT2D eigenvalue weighted by Gasteiger charge is 2.57. The molecule has 0 aliphatic carbocycles. The van der Waals surface area contributed by atoms with E-state index in [4.69, 9.17) is 52.9 Å². The van der Waals surface area contributed by atoms with Gasteiger partial charge in [-0.2, -0.15) is 10.2 Å². The van der Waals surface area contributed by atoms with E-state index in [1.165, 1.54) is 0 Å². The van der Waals surface area contributed by atoms with Gasteiger partial charge in [0.25, 0.3) is 0 Å². The average Bonchev–Trinajstić information content (AvgIpc) is 4.10. The molecule has 67 heavy (non-hydrogen) atoms. The molecule has 17 N–H and O–H groups in total. The fraction of sp³-hybridized carbons (Fsp3) is 0.971. The van der Waals surface area contributed by atoms with E-state index >= 15 is 0 Å². The van der Waals surface area contributed by atoms with Gasteiger partial charge < -0.3 is 134 Å². The van der Waals surface area contributed by atoms with Gasteiger partial charge in [0.05, 0.1) is 46.1 Å². The zero-order valence-corrected chi connectivity index (χ0v) is 34.8. The first-order valence-electron chi connectivity index (χ1n) is 20.7. The van der Waals surface area contributed by atoms with Gasteiger partial charge in [-0.3, -0.25) is 0 Å². The van der Waals surface area contributed by atoms with Crippen LogP contribution in [0.3, 0.4) is 0 Å². The van der Waals surface area contributed by atoms with Crippen molar-refractivity contribution >= 4 is 6.09 Å². The first-order chi connectivity index (χ1) is 31.9. The molecule has 1 amide bonds. The summed E-state index contributed by atoms with van der Waals surface area (Å²) in [7, 11) is 0. The standard InChI is InChI=1S/C34H56N6O27/c35-40-37-7-34(38-39-34)6-36-33(57)67-27-22(55)26(9(2-42)58-28(27)56)66-32-21(54)17(50)25(12(5-45)62-32)65-31-20(53)16(49)24(11(4-44)61-31)64-30-19(52)15(48)23(10(3-43)60-30)63-29-18(51)14(47)13(46)8(1-41)59-29/h8-32,41-56H,1-7H2,(H,36,57)/t8?,9?,10?,11?,12?,13-,14+,15-,16-,17-,18?,19?,20?,21?,22+,23-,24-,25-,26-,27?,28?,29-,30-,31-,32-/m1/s1. The first-order valence-corrected chi connectivity index (χ1v) is 20.7. The van der Waals surface area contributed by atoms with Crippen molar-refractivity contribution in [3.8, 4) is 0 Å². The summed E-state index contributed by atoms with van der Waals surface area (Å²) in [5.41, 5.74) is 7.29. The van der Waals surface area contributed by atoms with Gasteiger partial charge in [-0.1, -0.05) is 5.11 Å². The molecule has 5 fully saturated rings. The number of hydrogen-bond donors (Lipinski definition) is 17. The Labute approximate surface area is 376 Å². The molecule has 0 saturated carbocycles. The van der Waals surface area contributed by atoms with E-state index in [9.17, 15) is 86.5 Å². The minimum Gasteiger partial charge on any atom is -0.438 e. The van der Waals surface area contributed by atoms with Crippen LogP contribution in [0.5, 0.6) is 0 Å². The number of carbonyl (C=O) groups excluding carboxylic acids is 1. The maximum absolute atomic E-state index is 12.6. The van der Waals surface area contributed by atoms with Gasteiger partial charge in [-0.25, -0.2) is 4.79 Å². The average molecular weight is 981 g/mol. The number of hydrogen-bond acceptors (Lipinski definition) is 30. The van der Waals surface area contributed by atoms with Crippen LogP contribution < -0.4 is 5.32 Å². The first kappa shape index (κ1) is 53.5. The third-order valence-electron chi connectivity index (χ3n) is 11.8. The fourth-order valence-electron chi connectivity index (χ4n) is 7.94. The molecular formula is C34H56N6O27. The van der Waals surface area contributed by atoms with E-state index in [-0.39, 0.29) is 13.1 Å². The quantitative estimate of drug-likeness (QED) is 0.0344. The molecule has 0 aromatic rings. The number of rotatable bonds is 18. The number of nitrogens with zero attached hydrogens (tertiary/aromatic N) is 5. The predicted molar refractivity (Wildman–Crippen MR) is 200 cm³/mol. The molecular weight excluding hydrogens is 924 g/mol. The van der Waals surface area contributed by atoms with Crippen molar-refractivity contribution < 1.29 is 134 Å². The van der Waals surface area contributed by atoms with Crippen LogP contribution in [-0.4, -0.2) is 293 Å². The Morgan fingerprint density at radius 3 is 1.24 bits per heavy atom. The zero-order chi connectivity index (χ0) is 49.1. The van der Waals surface area contributed by atoms with Gasteiger partial charge in [0.2, 0.25) is 5.66 Å². The Morgan fingerprint density at radius 2 is 0.866 bits per heavy atom. The number of ether oxygens (including phenoxy) is 10. The van der Waals surface area contributed by atoms with Crippen LogP contribution in [0.15, 0.2) is 15.3 Å². The highest BCUT2D eigenvalue weighted by atomic mass is 16.8. The van der Waals surface area contributed by atoms with Crippen LogP contribution >= 0.6 is 0 Å². The lowest BCUT2D eigenvalue weighted by atomic mass is 9.95. The molecule has 5 saturated heterocycles. The van der Waals surface area contributed by atoms with E-state index in [2.05, 4.69) is 25.6 Å². The van der Waals surface area contributed by atoms with Crippen molar-refractivity contribution in [1.29, 1.82) is 0 Å². The van der Waals surface area contributed by atoms with Gasteiger partial charge in [0, 0.05) is 4.91 Å². The molecule has 6 aliphatic rings. The molecule has 33 heteroatoms. The van der Waals surface area contributed by atoms with Crippen LogP contribution in [0.1, 0.15) is 0 Å². The molecule has 25 atom stereocenters. The maximum Gasteiger partial charge on any atom is 0.407 e. The fourth-order valence-corrected chi connectivity index (χ4v) is 7.94. The summed E-state index contributed by atoms with van der Waals surface area (Å²) in [6.45, 7) is -5.29. The molecule has 384 valence electrons. The Morgan fingerprint density at radius 1 is 0.507 bits per heavy atom. The van der Waals surface area contributed by atoms with Crippen LogP contribution in [0.25, 0.3) is 10.4 Å². The molecule has 33 nitrogen and oxygen atoms in total. The van der Waals surface area contributed by atoms with Crippen molar-refractivity contribution in [3.63, 3.8) is 0 Å². The number of azide groups is 1. The van der Waals surface area contributed by atoms with Crippen molar-refractivity contribution in [2.45, 2.75) is 159 Å². The SMILES string of the molecule is [N-]=[N+]=NCC1(CNC(=O)OC2C(O)OC(CO)[C@@H](O[C@H]3OC(CO)[C@@H](O[C@H]4OC(CO)[C@@H](O[C@H]5OC(CO)[C@@H](O[C@H]6OC(CO)[C@@H](O)[C@H](O)C6O)[C@H](O)C5O)[C@H](O)C4O)[C@H](O)C3O)[C@@H]2O)N=N1. The lowest BCUT2D eigenvalue weighted by Gasteiger charge is -2.49. The smallest absolute Gasteiger partial charge is 0.407 e. The van der Waals surface area contributed by atoms with Crippen LogP contribution in [-0.2, 0) is 47.4 Å².